The van der Waals surface area contributed by atoms with Crippen LogP contribution >= 0.6 is 0 Å². The van der Waals surface area contributed by atoms with Crippen LogP contribution in [0, 0.1) is 18.3 Å². The minimum Gasteiger partial charge on any atom is -0.463 e. The Hall–Kier alpha value is -4.25. The molecular formula is C23H20N6O2. The molecule has 3 aromatic heterocycles. The van der Waals surface area contributed by atoms with Crippen molar-refractivity contribution in [2.45, 2.75) is 26.3 Å². The molecule has 1 aliphatic heterocycles. The number of para-hydroxylation sites is 1. The molecule has 0 spiro atoms. The molecule has 0 amide bonds. The first kappa shape index (κ1) is 18.8. The highest BCUT2D eigenvalue weighted by Gasteiger charge is 2.39. The minimum absolute atomic E-state index is 0.0618. The van der Waals surface area contributed by atoms with E-state index in [2.05, 4.69) is 11.2 Å². The molecule has 8 nitrogen and oxygen atoms in total. The molecule has 0 aliphatic carbocycles. The number of furan rings is 1. The predicted octanol–water partition coefficient (Wildman–Crippen LogP) is 3.88. The summed E-state index contributed by atoms with van der Waals surface area (Å²) >= 11 is 0. The van der Waals surface area contributed by atoms with E-state index in [1.165, 1.54) is 0 Å². The van der Waals surface area contributed by atoms with Crippen LogP contribution in [0.1, 0.15) is 29.7 Å². The van der Waals surface area contributed by atoms with Crippen LogP contribution in [-0.4, -0.2) is 19.6 Å². The number of hydrogen-bond donors (Lipinski definition) is 1. The van der Waals surface area contributed by atoms with Crippen LogP contribution in [-0.2, 0) is 6.54 Å². The van der Waals surface area contributed by atoms with Crippen LogP contribution < -0.4 is 10.5 Å². The van der Waals surface area contributed by atoms with E-state index < -0.39 is 5.92 Å². The topological polar surface area (TPSA) is 108 Å². The van der Waals surface area contributed by atoms with Crippen LogP contribution in [0.3, 0.4) is 0 Å². The van der Waals surface area contributed by atoms with Crippen LogP contribution in [0.5, 0.6) is 5.88 Å². The fraction of sp³-hybridized carbons (Fsp3) is 0.174. The molecular weight excluding hydrogens is 392 g/mol. The Bertz CT molecular complexity index is 1320. The average molecular weight is 412 g/mol. The van der Waals surface area contributed by atoms with Gasteiger partial charge < -0.3 is 14.9 Å². The number of allylic oxidation sites excluding steroid dienone is 1. The van der Waals surface area contributed by atoms with Gasteiger partial charge in [0, 0.05) is 18.3 Å². The molecule has 0 saturated heterocycles. The molecule has 8 heteroatoms. The van der Waals surface area contributed by atoms with E-state index in [9.17, 15) is 5.26 Å². The van der Waals surface area contributed by atoms with Crippen molar-refractivity contribution in [1.29, 1.82) is 5.26 Å². The van der Waals surface area contributed by atoms with E-state index in [1.807, 2.05) is 61.1 Å². The third-order valence-corrected chi connectivity index (χ3v) is 5.42. The lowest BCUT2D eigenvalue weighted by Crippen LogP contribution is -2.22. The van der Waals surface area contributed by atoms with E-state index in [0.29, 0.717) is 29.5 Å². The van der Waals surface area contributed by atoms with Crippen molar-refractivity contribution in [2.24, 2.45) is 5.73 Å². The Labute approximate surface area is 178 Å². The van der Waals surface area contributed by atoms with Gasteiger partial charge in [-0.1, -0.05) is 18.2 Å². The Morgan fingerprint density at radius 3 is 2.61 bits per heavy atom. The number of fused-ring (bicyclic) bond motifs is 1. The number of hydrogen-bond acceptors (Lipinski definition) is 6. The quantitative estimate of drug-likeness (QED) is 0.545. The second-order valence-corrected chi connectivity index (χ2v) is 7.24. The van der Waals surface area contributed by atoms with Gasteiger partial charge in [0.1, 0.15) is 17.3 Å². The standard InChI is InChI=1S/C23H20N6O2/c1-3-28-13-17(14(2)26-28)19-16(12-24)22(25)31-23-20(19)21(18-10-7-11-30-18)27-29(23)15-8-5-4-6-9-15/h4-11,13,19H,3,25H2,1-2H3. The molecule has 1 aliphatic rings. The largest absolute Gasteiger partial charge is 0.463 e. The van der Waals surface area contributed by atoms with Gasteiger partial charge in [0.15, 0.2) is 5.76 Å². The number of nitriles is 1. The molecule has 0 saturated carbocycles. The third kappa shape index (κ3) is 2.90. The van der Waals surface area contributed by atoms with Crippen molar-refractivity contribution in [3.63, 3.8) is 0 Å². The first-order valence-corrected chi connectivity index (χ1v) is 9.96. The highest BCUT2D eigenvalue weighted by Crippen LogP contribution is 2.48. The van der Waals surface area contributed by atoms with Crippen LogP contribution in [0.25, 0.3) is 17.1 Å². The van der Waals surface area contributed by atoms with Crippen LogP contribution in [0.4, 0.5) is 0 Å². The van der Waals surface area contributed by atoms with Crippen molar-refractivity contribution in [1.82, 2.24) is 19.6 Å². The Balaban J connectivity index is 1.83. The van der Waals surface area contributed by atoms with Crippen LogP contribution in [0.2, 0.25) is 0 Å². The van der Waals surface area contributed by atoms with Crippen molar-refractivity contribution in [3.8, 4) is 29.1 Å². The molecule has 4 heterocycles. The third-order valence-electron chi connectivity index (χ3n) is 5.42. The molecule has 0 radical (unpaired) electrons. The number of benzene rings is 1. The van der Waals surface area contributed by atoms with E-state index in [0.717, 1.165) is 22.5 Å². The number of rotatable bonds is 4. The Kier molecular flexibility index (Phi) is 4.37. The molecule has 5 rings (SSSR count). The molecule has 1 atom stereocenters. The first-order chi connectivity index (χ1) is 15.1. The fourth-order valence-electron chi connectivity index (χ4n) is 3.97. The van der Waals surface area contributed by atoms with Crippen molar-refractivity contribution in [2.75, 3.05) is 0 Å². The van der Waals surface area contributed by atoms with Gasteiger partial charge >= 0.3 is 0 Å². The lowest BCUT2D eigenvalue weighted by molar-refractivity contribution is 0.367. The average Bonchev–Trinajstić information content (AvgIpc) is 3.52. The molecule has 31 heavy (non-hydrogen) atoms. The van der Waals surface area contributed by atoms with Crippen molar-refractivity contribution in [3.05, 3.63) is 83.2 Å². The molecule has 2 N–H and O–H groups in total. The second kappa shape index (κ2) is 7.22. The molecule has 0 bridgehead atoms. The zero-order valence-corrected chi connectivity index (χ0v) is 17.1. The van der Waals surface area contributed by atoms with Gasteiger partial charge in [-0.15, -0.1) is 0 Å². The highest BCUT2D eigenvalue weighted by atomic mass is 16.5. The lowest BCUT2D eigenvalue weighted by Gasteiger charge is -2.24. The van der Waals surface area contributed by atoms with Gasteiger partial charge in [-0.3, -0.25) is 4.68 Å². The Morgan fingerprint density at radius 1 is 1.16 bits per heavy atom. The fourth-order valence-corrected chi connectivity index (χ4v) is 3.97. The summed E-state index contributed by atoms with van der Waals surface area (Å²) in [5.41, 5.74) is 10.4. The minimum atomic E-state index is -0.480. The van der Waals surface area contributed by atoms with E-state index in [1.54, 1.807) is 17.0 Å². The summed E-state index contributed by atoms with van der Waals surface area (Å²) in [7, 11) is 0. The summed E-state index contributed by atoms with van der Waals surface area (Å²) in [6, 6.07) is 15.5. The number of nitrogens with two attached hydrogens (primary N) is 1. The highest BCUT2D eigenvalue weighted by molar-refractivity contribution is 5.69. The second-order valence-electron chi connectivity index (χ2n) is 7.24. The van der Waals surface area contributed by atoms with Gasteiger partial charge in [-0.2, -0.15) is 20.1 Å². The number of aromatic nitrogens is 4. The normalized spacial score (nSPS) is 15.5. The van der Waals surface area contributed by atoms with Crippen LogP contribution in [0.15, 0.2) is 70.8 Å². The summed E-state index contributed by atoms with van der Waals surface area (Å²) < 4.78 is 15.2. The molecule has 154 valence electrons. The SMILES string of the molecule is CCn1cc(C2C(C#N)=C(N)Oc3c2c(-c2ccco2)nn3-c2ccccc2)c(C)n1. The lowest BCUT2D eigenvalue weighted by atomic mass is 9.84. The summed E-state index contributed by atoms with van der Waals surface area (Å²) in [5, 5.41) is 19.4. The molecule has 1 unspecified atom stereocenters. The smallest absolute Gasteiger partial charge is 0.229 e. The van der Waals surface area contributed by atoms with E-state index in [4.69, 9.17) is 20.0 Å². The van der Waals surface area contributed by atoms with Gasteiger partial charge in [-0.25, -0.2) is 0 Å². The van der Waals surface area contributed by atoms with Gasteiger partial charge in [0.05, 0.1) is 29.1 Å². The zero-order valence-electron chi connectivity index (χ0n) is 17.1. The van der Waals surface area contributed by atoms with Gasteiger partial charge in [0.2, 0.25) is 11.8 Å². The van der Waals surface area contributed by atoms with Crippen molar-refractivity contribution < 1.29 is 9.15 Å². The molecule has 4 aromatic rings. The van der Waals surface area contributed by atoms with E-state index >= 15 is 0 Å². The maximum absolute atomic E-state index is 9.97. The molecule has 1 aromatic carbocycles. The summed E-state index contributed by atoms with van der Waals surface area (Å²) in [6.45, 7) is 4.66. The number of nitrogens with zero attached hydrogens (tertiary/aromatic N) is 5. The maximum atomic E-state index is 9.97. The molecule has 0 fully saturated rings. The van der Waals surface area contributed by atoms with Gasteiger partial charge in [-0.05, 0) is 38.1 Å². The Morgan fingerprint density at radius 2 is 1.97 bits per heavy atom. The van der Waals surface area contributed by atoms with Gasteiger partial charge in [0.25, 0.3) is 0 Å². The predicted molar refractivity (Wildman–Crippen MR) is 113 cm³/mol. The summed E-state index contributed by atoms with van der Waals surface area (Å²) in [6.07, 6.45) is 3.54. The maximum Gasteiger partial charge on any atom is 0.229 e. The summed E-state index contributed by atoms with van der Waals surface area (Å²) in [5.74, 6) is 0.624. The van der Waals surface area contributed by atoms with E-state index in [-0.39, 0.29) is 5.88 Å². The zero-order chi connectivity index (χ0) is 21.5. The first-order valence-electron chi connectivity index (χ1n) is 9.96. The number of aryl methyl sites for hydroxylation is 2. The summed E-state index contributed by atoms with van der Waals surface area (Å²) in [4.78, 5) is 0. The van der Waals surface area contributed by atoms with Crippen molar-refractivity contribution >= 4 is 0 Å². The monoisotopic (exact) mass is 412 g/mol. The number of ether oxygens (including phenoxy) is 1.